The van der Waals surface area contributed by atoms with Crippen molar-refractivity contribution < 1.29 is 9.79 Å². The van der Waals surface area contributed by atoms with Crippen molar-refractivity contribution in [2.45, 2.75) is 11.3 Å². The number of benzene rings is 2. The van der Waals surface area contributed by atoms with Gasteiger partial charge in [0.25, 0.3) is 6.17 Å². The maximum atomic E-state index is 12.7. The fourth-order valence-corrected chi connectivity index (χ4v) is 3.65. The number of anilines is 1. The lowest BCUT2D eigenvalue weighted by molar-refractivity contribution is -0.759. The molecule has 1 aliphatic rings. The monoisotopic (exact) mass is 417 g/mol. The van der Waals surface area contributed by atoms with Crippen molar-refractivity contribution in [3.8, 4) is 17.0 Å². The van der Waals surface area contributed by atoms with Crippen LogP contribution < -0.4 is 15.6 Å². The predicted molar refractivity (Wildman–Crippen MR) is 99.8 cm³/mol. The minimum atomic E-state index is -0.399. The highest BCUT2D eigenvalue weighted by atomic mass is 79.9. The Morgan fingerprint density at radius 3 is 2.88 bits per heavy atom. The molecule has 0 amide bonds. The van der Waals surface area contributed by atoms with Gasteiger partial charge in [0, 0.05) is 15.1 Å². The number of aromatic hydroxyl groups is 1. The fraction of sp³-hybridized carbons (Fsp3) is 0.118. The number of thioether (sulfide) groups is 1. The predicted octanol–water partition coefficient (Wildman–Crippen LogP) is 2.89. The highest BCUT2D eigenvalue weighted by Crippen LogP contribution is 2.34. The van der Waals surface area contributed by atoms with Gasteiger partial charge in [-0.05, 0) is 47.3 Å². The third-order valence-corrected chi connectivity index (χ3v) is 5.08. The Balaban J connectivity index is 2.01. The molecule has 2 aromatic carbocycles. The van der Waals surface area contributed by atoms with E-state index >= 15 is 0 Å². The smallest absolute Gasteiger partial charge is 0.325 e. The normalized spacial score (nSPS) is 15.2. The zero-order valence-electron chi connectivity index (χ0n) is 13.2. The van der Waals surface area contributed by atoms with Gasteiger partial charge >= 0.3 is 11.3 Å². The Kier molecular flexibility index (Phi) is 4.01. The first kappa shape index (κ1) is 16.2. The average Bonchev–Trinajstić information content (AvgIpc) is 2.60. The number of aromatic amines is 1. The van der Waals surface area contributed by atoms with E-state index in [4.69, 9.17) is 0 Å². The lowest BCUT2D eigenvalue weighted by Crippen LogP contribution is -2.55. The number of phenols is 1. The molecule has 1 atom stereocenters. The highest BCUT2D eigenvalue weighted by molar-refractivity contribution is 9.10. The van der Waals surface area contributed by atoms with Gasteiger partial charge in [0.05, 0.1) is 11.3 Å². The summed E-state index contributed by atoms with van der Waals surface area (Å²) in [4.78, 5) is 15.6. The molecule has 8 heteroatoms. The average molecular weight is 418 g/mol. The van der Waals surface area contributed by atoms with Crippen molar-refractivity contribution in [2.24, 2.45) is 0 Å². The van der Waals surface area contributed by atoms with E-state index < -0.39 is 6.17 Å². The van der Waals surface area contributed by atoms with Crippen molar-refractivity contribution in [1.29, 1.82) is 0 Å². The van der Waals surface area contributed by atoms with Crippen LogP contribution in [0, 0.1) is 0 Å². The number of nitrogens with one attached hydrogen (secondary N) is 2. The van der Waals surface area contributed by atoms with Gasteiger partial charge in [-0.25, -0.2) is 0 Å². The van der Waals surface area contributed by atoms with Gasteiger partial charge in [-0.1, -0.05) is 33.8 Å². The summed E-state index contributed by atoms with van der Waals surface area (Å²) in [6.45, 7) is 0. The van der Waals surface area contributed by atoms with E-state index in [1.165, 1.54) is 11.8 Å². The summed E-state index contributed by atoms with van der Waals surface area (Å²) >= 11 is 4.82. The number of nitrogens with zero attached hydrogens (tertiary/aromatic N) is 2. The highest BCUT2D eigenvalue weighted by Gasteiger charge is 2.37. The molecule has 4 rings (SSSR count). The zero-order valence-corrected chi connectivity index (χ0v) is 15.6. The standard InChI is InChI=1S/C17H13BrN4O2S/c1-25-17-20-16(24)14-12-8-10(18)5-6-13(12)19-15(22(14)21-17)9-3-2-4-11(23)7-9/h2-8,15H,1H3,(H2,20,21,23,24)/p+1/t15-/m1/s1. The van der Waals surface area contributed by atoms with Gasteiger partial charge in [0.2, 0.25) is 5.16 Å². The molecular weight excluding hydrogens is 404 g/mol. The molecular formula is C17H14BrN4O2S+. The van der Waals surface area contributed by atoms with E-state index in [2.05, 4.69) is 31.3 Å². The van der Waals surface area contributed by atoms with Crippen LogP contribution in [0.3, 0.4) is 0 Å². The van der Waals surface area contributed by atoms with Crippen LogP contribution in [0.5, 0.6) is 5.75 Å². The molecule has 1 aliphatic heterocycles. The van der Waals surface area contributed by atoms with Gasteiger partial charge in [0.1, 0.15) is 5.75 Å². The Bertz CT molecular complexity index is 1040. The molecule has 0 spiro atoms. The summed E-state index contributed by atoms with van der Waals surface area (Å²) in [5, 5.41) is 18.4. The van der Waals surface area contributed by atoms with E-state index in [0.29, 0.717) is 10.9 Å². The summed E-state index contributed by atoms with van der Waals surface area (Å²) in [7, 11) is 0. The quantitative estimate of drug-likeness (QED) is 0.441. The lowest BCUT2D eigenvalue weighted by atomic mass is 10.0. The molecule has 3 aromatic rings. The second-order valence-electron chi connectivity index (χ2n) is 5.59. The molecule has 1 aromatic heterocycles. The minimum Gasteiger partial charge on any atom is -0.508 e. The van der Waals surface area contributed by atoms with Crippen molar-refractivity contribution >= 4 is 33.4 Å². The zero-order chi connectivity index (χ0) is 17.6. The van der Waals surface area contributed by atoms with E-state index in [1.807, 2.05) is 30.5 Å². The van der Waals surface area contributed by atoms with Gasteiger partial charge in [-0.2, -0.15) is 0 Å². The Labute approximate surface area is 156 Å². The van der Waals surface area contributed by atoms with Crippen LogP contribution in [0.4, 0.5) is 5.69 Å². The lowest BCUT2D eigenvalue weighted by Gasteiger charge is -2.22. The molecule has 0 saturated carbocycles. The SMILES string of the molecule is CSc1n[n+]2c(c(=O)[nH]1)-c1cc(Br)ccc1N[C@H]2c1cccc(O)c1. The van der Waals surface area contributed by atoms with Crippen LogP contribution >= 0.6 is 27.7 Å². The first-order valence-electron chi connectivity index (χ1n) is 7.52. The number of halogens is 1. The Hall–Kier alpha value is -2.32. The number of hydrogen-bond acceptors (Lipinski definition) is 5. The molecule has 0 saturated heterocycles. The van der Waals surface area contributed by atoms with Crippen molar-refractivity contribution in [3.05, 3.63) is 62.9 Å². The summed E-state index contributed by atoms with van der Waals surface area (Å²) in [5.41, 5.74) is 2.68. The third-order valence-electron chi connectivity index (χ3n) is 4.02. The van der Waals surface area contributed by atoms with E-state index in [9.17, 15) is 9.90 Å². The Morgan fingerprint density at radius 1 is 1.28 bits per heavy atom. The van der Waals surface area contributed by atoms with Crippen LogP contribution in [0.25, 0.3) is 11.3 Å². The van der Waals surface area contributed by atoms with Crippen LogP contribution in [-0.4, -0.2) is 21.4 Å². The molecule has 6 nitrogen and oxygen atoms in total. The molecule has 126 valence electrons. The van der Waals surface area contributed by atoms with E-state index in [1.54, 1.807) is 22.9 Å². The first-order chi connectivity index (χ1) is 12.1. The molecule has 2 heterocycles. The van der Waals surface area contributed by atoms with E-state index in [-0.39, 0.29) is 11.3 Å². The largest absolute Gasteiger partial charge is 0.508 e. The van der Waals surface area contributed by atoms with Gasteiger partial charge < -0.3 is 10.4 Å². The number of phenolic OH excluding ortho intramolecular Hbond substituents is 1. The molecule has 25 heavy (non-hydrogen) atoms. The van der Waals surface area contributed by atoms with Crippen LogP contribution in [-0.2, 0) is 0 Å². The van der Waals surface area contributed by atoms with Gasteiger partial charge in [-0.3, -0.25) is 9.78 Å². The maximum Gasteiger partial charge on any atom is 0.325 e. The maximum absolute atomic E-state index is 12.7. The number of rotatable bonds is 2. The first-order valence-corrected chi connectivity index (χ1v) is 9.54. The van der Waals surface area contributed by atoms with Crippen LogP contribution in [0.15, 0.2) is 56.9 Å². The van der Waals surface area contributed by atoms with Gasteiger partial charge in [-0.15, -0.1) is 0 Å². The van der Waals surface area contributed by atoms with Crippen molar-refractivity contribution in [3.63, 3.8) is 0 Å². The minimum absolute atomic E-state index is 0.165. The summed E-state index contributed by atoms with van der Waals surface area (Å²) in [6, 6.07) is 12.7. The van der Waals surface area contributed by atoms with Crippen LogP contribution in [0.1, 0.15) is 11.7 Å². The summed E-state index contributed by atoms with van der Waals surface area (Å²) in [6.07, 6.45) is 1.46. The number of H-pyrrole nitrogens is 1. The number of aromatic nitrogens is 3. The second kappa shape index (κ2) is 6.20. The summed E-state index contributed by atoms with van der Waals surface area (Å²) < 4.78 is 2.55. The van der Waals surface area contributed by atoms with Gasteiger partial charge in [0.15, 0.2) is 0 Å². The molecule has 3 N–H and O–H groups in total. The molecule has 0 bridgehead atoms. The van der Waals surface area contributed by atoms with E-state index in [0.717, 1.165) is 21.3 Å². The van der Waals surface area contributed by atoms with Crippen molar-refractivity contribution in [2.75, 3.05) is 11.6 Å². The fourth-order valence-electron chi connectivity index (χ4n) is 2.92. The van der Waals surface area contributed by atoms with Crippen molar-refractivity contribution in [1.82, 2.24) is 10.1 Å². The number of hydrogen-bond donors (Lipinski definition) is 3. The van der Waals surface area contributed by atoms with Crippen LogP contribution in [0.2, 0.25) is 0 Å². The third kappa shape index (κ3) is 2.81. The number of fused-ring (bicyclic) bond motifs is 3. The molecule has 0 fully saturated rings. The second-order valence-corrected chi connectivity index (χ2v) is 7.30. The molecule has 0 radical (unpaired) electrons. The molecule has 0 aliphatic carbocycles. The summed E-state index contributed by atoms with van der Waals surface area (Å²) in [5.74, 6) is 0.165. The Morgan fingerprint density at radius 2 is 2.12 bits per heavy atom. The molecule has 0 unspecified atom stereocenters. The topological polar surface area (TPSA) is 81.9 Å².